The van der Waals surface area contributed by atoms with Crippen molar-refractivity contribution < 1.29 is 4.42 Å². The largest absolute Gasteiger partial charge is 0.436 e. The second kappa shape index (κ2) is 4.88. The van der Waals surface area contributed by atoms with Crippen LogP contribution in [-0.4, -0.2) is 4.98 Å². The van der Waals surface area contributed by atoms with Crippen molar-refractivity contribution in [1.82, 2.24) is 4.98 Å². The van der Waals surface area contributed by atoms with Gasteiger partial charge in [-0.15, -0.1) is 0 Å². The van der Waals surface area contributed by atoms with E-state index in [0.29, 0.717) is 11.6 Å². The Bertz CT molecular complexity index is 815. The molecule has 3 nitrogen and oxygen atoms in total. The first-order valence-corrected chi connectivity index (χ1v) is 7.60. The van der Waals surface area contributed by atoms with Crippen molar-refractivity contribution in [3.8, 4) is 11.5 Å². The van der Waals surface area contributed by atoms with Crippen molar-refractivity contribution in [1.29, 1.82) is 0 Å². The van der Waals surface area contributed by atoms with Gasteiger partial charge in [0.2, 0.25) is 5.89 Å². The number of fused-ring (bicyclic) bond motifs is 1. The fourth-order valence-corrected chi connectivity index (χ4v) is 2.44. The van der Waals surface area contributed by atoms with E-state index in [4.69, 9.17) is 10.2 Å². The van der Waals surface area contributed by atoms with Gasteiger partial charge in [-0.3, -0.25) is 0 Å². The van der Waals surface area contributed by atoms with Crippen molar-refractivity contribution in [3.05, 3.63) is 46.4 Å². The molecule has 2 aromatic carbocycles. The van der Waals surface area contributed by atoms with E-state index in [1.54, 1.807) is 0 Å². The molecule has 1 aromatic heterocycles. The standard InChI is InChI=1S/C17H17BrN2O/c1-17(2,3)11-5-7-15-14(9-11)20-16(21-15)10-4-6-12(18)13(19)8-10/h4-9H,19H2,1-3H3. The molecule has 3 rings (SSSR count). The van der Waals surface area contributed by atoms with Gasteiger partial charge in [-0.1, -0.05) is 26.8 Å². The molecule has 0 aliphatic heterocycles. The van der Waals surface area contributed by atoms with Crippen LogP contribution < -0.4 is 5.73 Å². The Labute approximate surface area is 132 Å². The summed E-state index contributed by atoms with van der Waals surface area (Å²) >= 11 is 3.39. The molecule has 0 saturated carbocycles. The molecule has 3 aromatic rings. The van der Waals surface area contributed by atoms with Gasteiger partial charge < -0.3 is 10.2 Å². The van der Waals surface area contributed by atoms with Crippen LogP contribution in [0.1, 0.15) is 26.3 Å². The van der Waals surface area contributed by atoms with Crippen molar-refractivity contribution in [2.75, 3.05) is 5.73 Å². The fourth-order valence-electron chi connectivity index (χ4n) is 2.19. The number of anilines is 1. The van der Waals surface area contributed by atoms with E-state index in [9.17, 15) is 0 Å². The number of halogens is 1. The number of benzene rings is 2. The van der Waals surface area contributed by atoms with Crippen LogP contribution in [0.5, 0.6) is 0 Å². The Morgan fingerprint density at radius 2 is 1.86 bits per heavy atom. The molecule has 21 heavy (non-hydrogen) atoms. The minimum absolute atomic E-state index is 0.0926. The quantitative estimate of drug-likeness (QED) is 0.622. The Hall–Kier alpha value is -1.81. The SMILES string of the molecule is CC(C)(C)c1ccc2oc(-c3ccc(Br)c(N)c3)nc2c1. The van der Waals surface area contributed by atoms with Crippen LogP contribution in [0.15, 0.2) is 45.3 Å². The monoisotopic (exact) mass is 344 g/mol. The molecule has 2 N–H and O–H groups in total. The van der Waals surface area contributed by atoms with Gasteiger partial charge in [-0.05, 0) is 57.2 Å². The molecule has 0 atom stereocenters. The van der Waals surface area contributed by atoms with Gasteiger partial charge in [-0.2, -0.15) is 0 Å². The number of nitrogens with zero attached hydrogens (tertiary/aromatic N) is 1. The van der Waals surface area contributed by atoms with Gasteiger partial charge in [0.05, 0.1) is 0 Å². The molecule has 1 heterocycles. The molecular weight excluding hydrogens is 328 g/mol. The normalized spacial score (nSPS) is 12.0. The molecule has 0 amide bonds. The summed E-state index contributed by atoms with van der Waals surface area (Å²) in [5, 5.41) is 0. The maximum atomic E-state index is 5.92. The third kappa shape index (κ3) is 2.68. The second-order valence-corrected chi connectivity index (χ2v) is 7.04. The Kier molecular flexibility index (Phi) is 3.29. The van der Waals surface area contributed by atoms with Gasteiger partial charge in [-0.25, -0.2) is 4.98 Å². The number of nitrogens with two attached hydrogens (primary N) is 1. The highest BCUT2D eigenvalue weighted by Gasteiger charge is 2.16. The second-order valence-electron chi connectivity index (χ2n) is 6.19. The first-order chi connectivity index (χ1) is 9.84. The molecule has 0 saturated heterocycles. The lowest BCUT2D eigenvalue weighted by molar-refractivity contribution is 0.590. The molecule has 0 fully saturated rings. The highest BCUT2D eigenvalue weighted by molar-refractivity contribution is 9.10. The third-order valence-corrected chi connectivity index (χ3v) is 4.22. The first kappa shape index (κ1) is 14.1. The van der Waals surface area contributed by atoms with Gasteiger partial charge in [0, 0.05) is 15.7 Å². The lowest BCUT2D eigenvalue weighted by Gasteiger charge is -2.18. The zero-order valence-corrected chi connectivity index (χ0v) is 13.9. The van der Waals surface area contributed by atoms with Gasteiger partial charge in [0.15, 0.2) is 5.58 Å². The van der Waals surface area contributed by atoms with Crippen LogP contribution in [-0.2, 0) is 5.41 Å². The molecule has 0 unspecified atom stereocenters. The van der Waals surface area contributed by atoms with Crippen LogP contribution in [0.3, 0.4) is 0 Å². The number of aromatic nitrogens is 1. The fraction of sp³-hybridized carbons (Fsp3) is 0.235. The van der Waals surface area contributed by atoms with Crippen molar-refractivity contribution in [3.63, 3.8) is 0 Å². The summed E-state index contributed by atoms with van der Waals surface area (Å²) in [5.74, 6) is 0.593. The highest BCUT2D eigenvalue weighted by Crippen LogP contribution is 2.31. The van der Waals surface area contributed by atoms with E-state index in [1.165, 1.54) is 5.56 Å². The van der Waals surface area contributed by atoms with Crippen LogP contribution >= 0.6 is 15.9 Å². The molecule has 0 aliphatic rings. The average Bonchev–Trinajstić information content (AvgIpc) is 2.83. The predicted octanol–water partition coefficient (Wildman–Crippen LogP) is 5.14. The minimum Gasteiger partial charge on any atom is -0.436 e. The smallest absolute Gasteiger partial charge is 0.227 e. The number of hydrogen-bond acceptors (Lipinski definition) is 3. The lowest BCUT2D eigenvalue weighted by Crippen LogP contribution is -2.10. The number of oxazole rings is 1. The van der Waals surface area contributed by atoms with Crippen molar-refractivity contribution in [2.45, 2.75) is 26.2 Å². The first-order valence-electron chi connectivity index (χ1n) is 6.81. The maximum absolute atomic E-state index is 5.92. The number of hydrogen-bond donors (Lipinski definition) is 1. The van der Waals surface area contributed by atoms with E-state index in [2.05, 4.69) is 53.8 Å². The van der Waals surface area contributed by atoms with Crippen LogP contribution in [0.25, 0.3) is 22.6 Å². The van der Waals surface area contributed by atoms with E-state index in [-0.39, 0.29) is 5.41 Å². The third-order valence-electron chi connectivity index (χ3n) is 3.50. The summed E-state index contributed by atoms with van der Waals surface area (Å²) in [5.41, 5.74) is 10.5. The molecule has 0 aliphatic carbocycles. The van der Waals surface area contributed by atoms with Gasteiger partial charge in [0.1, 0.15) is 5.52 Å². The molecular formula is C17H17BrN2O. The Balaban J connectivity index is 2.10. The lowest BCUT2D eigenvalue weighted by atomic mass is 9.87. The summed E-state index contributed by atoms with van der Waals surface area (Å²) in [4.78, 5) is 4.59. The molecule has 4 heteroatoms. The molecule has 0 bridgehead atoms. The average molecular weight is 345 g/mol. The maximum Gasteiger partial charge on any atom is 0.227 e. The van der Waals surface area contributed by atoms with Gasteiger partial charge in [0.25, 0.3) is 0 Å². The molecule has 0 spiro atoms. The highest BCUT2D eigenvalue weighted by atomic mass is 79.9. The predicted molar refractivity (Wildman–Crippen MR) is 90.3 cm³/mol. The van der Waals surface area contributed by atoms with Crippen molar-refractivity contribution >= 4 is 32.7 Å². The van der Waals surface area contributed by atoms with Crippen LogP contribution in [0.2, 0.25) is 0 Å². The zero-order chi connectivity index (χ0) is 15.2. The Morgan fingerprint density at radius 1 is 1.10 bits per heavy atom. The van der Waals surface area contributed by atoms with Crippen molar-refractivity contribution in [2.24, 2.45) is 0 Å². The Morgan fingerprint density at radius 3 is 2.52 bits per heavy atom. The van der Waals surface area contributed by atoms with Gasteiger partial charge >= 0.3 is 0 Å². The summed E-state index contributed by atoms with van der Waals surface area (Å²) in [6.45, 7) is 6.56. The van der Waals surface area contributed by atoms with E-state index in [1.807, 2.05) is 24.3 Å². The van der Waals surface area contributed by atoms with Crippen LogP contribution in [0, 0.1) is 0 Å². The molecule has 0 radical (unpaired) electrons. The zero-order valence-electron chi connectivity index (χ0n) is 12.3. The van der Waals surface area contributed by atoms with E-state index < -0.39 is 0 Å². The molecule has 108 valence electrons. The van der Waals surface area contributed by atoms with E-state index >= 15 is 0 Å². The van der Waals surface area contributed by atoms with Crippen LogP contribution in [0.4, 0.5) is 5.69 Å². The number of nitrogen functional groups attached to an aromatic ring is 1. The minimum atomic E-state index is 0.0926. The topological polar surface area (TPSA) is 52.0 Å². The summed E-state index contributed by atoms with van der Waals surface area (Å²) in [6.07, 6.45) is 0. The van der Waals surface area contributed by atoms with E-state index in [0.717, 1.165) is 21.1 Å². The summed E-state index contributed by atoms with van der Waals surface area (Å²) < 4.78 is 6.71. The summed E-state index contributed by atoms with van der Waals surface area (Å²) in [7, 11) is 0. The number of rotatable bonds is 1. The summed E-state index contributed by atoms with van der Waals surface area (Å²) in [6, 6.07) is 11.9.